The Labute approximate surface area is 191 Å². The van der Waals surface area contributed by atoms with Gasteiger partial charge in [-0.05, 0) is 50.5 Å². The third kappa shape index (κ3) is 4.37. The van der Waals surface area contributed by atoms with Gasteiger partial charge in [-0.15, -0.1) is 0 Å². The van der Waals surface area contributed by atoms with Crippen LogP contribution in [0.1, 0.15) is 46.6 Å². The van der Waals surface area contributed by atoms with Crippen LogP contribution in [0.15, 0.2) is 47.4 Å². The first-order chi connectivity index (χ1) is 15.8. The monoisotopic (exact) mass is 444 g/mol. The van der Waals surface area contributed by atoms with E-state index in [2.05, 4.69) is 43.9 Å². The summed E-state index contributed by atoms with van der Waals surface area (Å²) in [6.07, 6.45) is 1.82. The highest BCUT2D eigenvalue weighted by Gasteiger charge is 2.22. The maximum atomic E-state index is 12.9. The molecule has 4 aromatic rings. The topological polar surface area (TPSA) is 119 Å². The van der Waals surface area contributed by atoms with Crippen molar-refractivity contribution in [3.8, 4) is 0 Å². The van der Waals surface area contributed by atoms with E-state index in [1.54, 1.807) is 6.20 Å². The molecule has 0 aliphatic carbocycles. The number of pyridine rings is 1. The Kier molecular flexibility index (Phi) is 6.00. The molecule has 0 saturated heterocycles. The lowest BCUT2D eigenvalue weighted by Gasteiger charge is -2.18. The van der Waals surface area contributed by atoms with Crippen molar-refractivity contribution in [2.24, 2.45) is 0 Å². The molecule has 0 aliphatic rings. The smallest absolute Gasteiger partial charge is 0.253 e. The lowest BCUT2D eigenvalue weighted by Crippen LogP contribution is -2.29. The zero-order chi connectivity index (χ0) is 23.7. The molecule has 4 N–H and O–H groups in total. The summed E-state index contributed by atoms with van der Waals surface area (Å²) in [7, 11) is 0. The highest BCUT2D eigenvalue weighted by Crippen LogP contribution is 2.31. The summed E-state index contributed by atoms with van der Waals surface area (Å²) in [6, 6.07) is 12.0. The third-order valence-electron chi connectivity index (χ3n) is 6.10. The predicted molar refractivity (Wildman–Crippen MR) is 129 cm³/mol. The van der Waals surface area contributed by atoms with Gasteiger partial charge in [0.2, 0.25) is 11.9 Å². The van der Waals surface area contributed by atoms with E-state index in [0.717, 1.165) is 33.5 Å². The lowest BCUT2D eigenvalue weighted by atomic mass is 10.1. The number of nitrogens with one attached hydrogen (secondary N) is 2. The first kappa shape index (κ1) is 22.3. The van der Waals surface area contributed by atoms with Crippen LogP contribution in [0.3, 0.4) is 0 Å². The molecule has 3 aromatic heterocycles. The number of nitrogen functional groups attached to an aromatic ring is 1. The van der Waals surface area contributed by atoms with E-state index >= 15 is 0 Å². The largest absolute Gasteiger partial charge is 0.368 e. The first-order valence-corrected chi connectivity index (χ1v) is 10.9. The summed E-state index contributed by atoms with van der Waals surface area (Å²) < 4.78 is 2.10. The minimum Gasteiger partial charge on any atom is -0.368 e. The van der Waals surface area contributed by atoms with Crippen LogP contribution in [0.4, 0.5) is 5.95 Å². The van der Waals surface area contributed by atoms with Crippen LogP contribution in [-0.4, -0.2) is 25.4 Å². The molecule has 0 radical (unpaired) electrons. The minimum atomic E-state index is -0.180. The van der Waals surface area contributed by atoms with Gasteiger partial charge in [-0.25, -0.2) is 4.98 Å². The number of carbonyl (C=O) groups is 1. The van der Waals surface area contributed by atoms with Crippen LogP contribution in [0.5, 0.6) is 0 Å². The molecule has 1 amide bonds. The molecule has 0 bridgehead atoms. The number of fused-ring (bicyclic) bond motifs is 1. The Morgan fingerprint density at radius 2 is 1.91 bits per heavy atom. The summed E-state index contributed by atoms with van der Waals surface area (Å²) in [5, 5.41) is 3.68. The fourth-order valence-corrected chi connectivity index (χ4v) is 4.37. The maximum Gasteiger partial charge on any atom is 0.253 e. The average Bonchev–Trinajstić information content (AvgIpc) is 3.03. The zero-order valence-corrected chi connectivity index (χ0v) is 19.3. The number of rotatable bonds is 6. The van der Waals surface area contributed by atoms with Crippen molar-refractivity contribution in [1.29, 1.82) is 0 Å². The molecule has 0 fully saturated rings. The molecule has 1 aromatic carbocycles. The number of amides is 1. The van der Waals surface area contributed by atoms with Crippen molar-refractivity contribution in [3.05, 3.63) is 86.6 Å². The van der Waals surface area contributed by atoms with Crippen LogP contribution in [0.2, 0.25) is 0 Å². The van der Waals surface area contributed by atoms with Gasteiger partial charge in [-0.1, -0.05) is 30.3 Å². The van der Waals surface area contributed by atoms with Crippen molar-refractivity contribution in [2.45, 2.75) is 46.7 Å². The van der Waals surface area contributed by atoms with Crippen LogP contribution in [0.25, 0.3) is 11.0 Å². The van der Waals surface area contributed by atoms with E-state index in [9.17, 15) is 9.59 Å². The van der Waals surface area contributed by atoms with Crippen molar-refractivity contribution >= 4 is 22.9 Å². The molecule has 0 unspecified atom stereocenters. The van der Waals surface area contributed by atoms with Gasteiger partial charge in [-0.2, -0.15) is 4.98 Å². The van der Waals surface area contributed by atoms with Crippen LogP contribution in [-0.2, 0) is 17.8 Å². The standard InChI is InChI=1S/C25H28N6O2/c1-14-10-15(2)29-24(33)20(14)12-27-22(32)11-19-17(4)31(16(3)18-8-6-5-7-9-18)23-21(19)13-28-25(26)30-23/h5-10,13,16H,11-12H2,1-4H3,(H,27,32)(H,29,33)(H2,26,28,30)/t16-/m1/s1. The summed E-state index contributed by atoms with van der Waals surface area (Å²) in [5.74, 6) is 0.00676. The number of benzene rings is 1. The van der Waals surface area contributed by atoms with Gasteiger partial charge >= 0.3 is 0 Å². The molecule has 3 heterocycles. The number of carbonyl (C=O) groups excluding carboxylic acids is 1. The normalized spacial score (nSPS) is 12.1. The summed E-state index contributed by atoms with van der Waals surface area (Å²) in [6.45, 7) is 7.95. The summed E-state index contributed by atoms with van der Waals surface area (Å²) >= 11 is 0. The number of aromatic nitrogens is 4. The maximum absolute atomic E-state index is 12.9. The Balaban J connectivity index is 1.65. The Hall–Kier alpha value is -3.94. The van der Waals surface area contributed by atoms with E-state index in [1.165, 1.54) is 0 Å². The molecule has 1 atom stereocenters. The van der Waals surface area contributed by atoms with Crippen LogP contribution in [0, 0.1) is 20.8 Å². The summed E-state index contributed by atoms with van der Waals surface area (Å²) in [4.78, 5) is 36.6. The Bertz CT molecular complexity index is 1390. The van der Waals surface area contributed by atoms with Gasteiger partial charge in [0.15, 0.2) is 0 Å². The van der Waals surface area contributed by atoms with Gasteiger partial charge in [0, 0.05) is 35.1 Å². The van der Waals surface area contributed by atoms with Gasteiger partial charge in [0.1, 0.15) is 5.65 Å². The molecule has 0 aliphatic heterocycles. The SMILES string of the molecule is Cc1cc(C)c(CNC(=O)Cc2c(C)n([C@H](C)c3ccccc3)c3nc(N)ncc23)c(=O)[nH]1. The second kappa shape index (κ2) is 8.90. The highest BCUT2D eigenvalue weighted by molar-refractivity contribution is 5.89. The number of aryl methyl sites for hydroxylation is 2. The van der Waals surface area contributed by atoms with Crippen LogP contribution >= 0.6 is 0 Å². The number of H-pyrrole nitrogens is 1. The van der Waals surface area contributed by atoms with E-state index in [0.29, 0.717) is 11.2 Å². The molecule has 0 saturated carbocycles. The summed E-state index contributed by atoms with van der Waals surface area (Å²) in [5.41, 5.74) is 11.5. The molecule has 33 heavy (non-hydrogen) atoms. The second-order valence-corrected chi connectivity index (χ2v) is 8.38. The number of nitrogens with zero attached hydrogens (tertiary/aromatic N) is 3. The average molecular weight is 445 g/mol. The number of aromatic amines is 1. The van der Waals surface area contributed by atoms with E-state index in [4.69, 9.17) is 5.73 Å². The van der Waals surface area contributed by atoms with Gasteiger partial charge in [0.25, 0.3) is 5.56 Å². The predicted octanol–water partition coefficient (Wildman–Crippen LogP) is 3.10. The molecule has 170 valence electrons. The molecular weight excluding hydrogens is 416 g/mol. The fourth-order valence-electron chi connectivity index (χ4n) is 4.37. The molecule has 0 spiro atoms. The number of hydrogen-bond acceptors (Lipinski definition) is 5. The Morgan fingerprint density at radius 1 is 1.18 bits per heavy atom. The van der Waals surface area contributed by atoms with E-state index in [-0.39, 0.29) is 36.4 Å². The second-order valence-electron chi connectivity index (χ2n) is 8.38. The third-order valence-corrected chi connectivity index (χ3v) is 6.10. The lowest BCUT2D eigenvalue weighted by molar-refractivity contribution is -0.120. The number of nitrogens with two attached hydrogens (primary N) is 1. The first-order valence-electron chi connectivity index (χ1n) is 10.9. The molecular formula is C25H28N6O2. The molecule has 8 heteroatoms. The van der Waals surface area contributed by atoms with Crippen molar-refractivity contribution < 1.29 is 4.79 Å². The van der Waals surface area contributed by atoms with E-state index in [1.807, 2.05) is 45.0 Å². The number of anilines is 1. The van der Waals surface area contributed by atoms with Gasteiger partial charge in [-0.3, -0.25) is 9.59 Å². The van der Waals surface area contributed by atoms with Crippen molar-refractivity contribution in [1.82, 2.24) is 24.8 Å². The fraction of sp³-hybridized carbons (Fsp3) is 0.280. The van der Waals surface area contributed by atoms with Crippen LogP contribution < -0.4 is 16.6 Å². The van der Waals surface area contributed by atoms with Crippen molar-refractivity contribution in [2.75, 3.05) is 5.73 Å². The van der Waals surface area contributed by atoms with Crippen molar-refractivity contribution in [3.63, 3.8) is 0 Å². The molecule has 8 nitrogen and oxygen atoms in total. The van der Waals surface area contributed by atoms with Gasteiger partial charge in [0.05, 0.1) is 12.5 Å². The zero-order valence-electron chi connectivity index (χ0n) is 19.3. The molecule has 4 rings (SSSR count). The van der Waals surface area contributed by atoms with E-state index < -0.39 is 0 Å². The number of hydrogen-bond donors (Lipinski definition) is 3. The quantitative estimate of drug-likeness (QED) is 0.422. The Morgan fingerprint density at radius 3 is 2.61 bits per heavy atom. The highest BCUT2D eigenvalue weighted by atomic mass is 16.1. The minimum absolute atomic E-state index is 0.00595. The van der Waals surface area contributed by atoms with Gasteiger partial charge < -0.3 is 20.6 Å².